The third-order valence-corrected chi connectivity index (χ3v) is 5.11. The van der Waals surface area contributed by atoms with E-state index in [2.05, 4.69) is 31.3 Å². The molecule has 26 heavy (non-hydrogen) atoms. The molecule has 8 nitrogen and oxygen atoms in total. The van der Waals surface area contributed by atoms with Crippen molar-refractivity contribution in [1.29, 1.82) is 10.8 Å². The Morgan fingerprint density at radius 2 is 2.08 bits per heavy atom. The van der Waals surface area contributed by atoms with Crippen LogP contribution >= 0.6 is 27.7 Å². The Labute approximate surface area is 160 Å². The van der Waals surface area contributed by atoms with E-state index in [1.165, 1.54) is 4.57 Å². The molecule has 0 unspecified atom stereocenters. The van der Waals surface area contributed by atoms with E-state index >= 15 is 0 Å². The second-order valence-electron chi connectivity index (χ2n) is 5.87. The number of rotatable bonds is 3. The lowest BCUT2D eigenvalue weighted by Crippen LogP contribution is -2.23. The SMILES string of the molecule is N=C(Sc1ccc2nc(NC(=O)C3CC3)cn2n1)n1cc(Br)ccc1=N. The van der Waals surface area contributed by atoms with Crippen LogP contribution in [-0.2, 0) is 4.79 Å². The van der Waals surface area contributed by atoms with Crippen LogP contribution < -0.4 is 10.8 Å². The number of anilines is 1. The van der Waals surface area contributed by atoms with Gasteiger partial charge in [-0.05, 0) is 64.8 Å². The maximum atomic E-state index is 11.8. The zero-order valence-electron chi connectivity index (χ0n) is 13.4. The summed E-state index contributed by atoms with van der Waals surface area (Å²) in [6.45, 7) is 0. The Bertz CT molecular complexity index is 1090. The summed E-state index contributed by atoms with van der Waals surface area (Å²) in [5.41, 5.74) is 0.822. The molecule has 0 saturated heterocycles. The molecular formula is C16H14BrN7OS. The molecule has 1 aliphatic carbocycles. The number of carbonyl (C=O) groups excluding carboxylic acids is 1. The lowest BCUT2D eigenvalue weighted by atomic mass is 10.4. The van der Waals surface area contributed by atoms with Crippen LogP contribution in [0, 0.1) is 16.7 Å². The van der Waals surface area contributed by atoms with Gasteiger partial charge in [-0.15, -0.1) is 0 Å². The minimum Gasteiger partial charge on any atom is -0.309 e. The summed E-state index contributed by atoms with van der Waals surface area (Å²) in [5.74, 6) is 0.584. The summed E-state index contributed by atoms with van der Waals surface area (Å²) in [6, 6.07) is 6.91. The monoisotopic (exact) mass is 431 g/mol. The van der Waals surface area contributed by atoms with E-state index in [1.54, 1.807) is 41.2 Å². The predicted octanol–water partition coefficient (Wildman–Crippen LogP) is 2.70. The molecule has 1 amide bonds. The molecule has 3 aromatic heterocycles. The van der Waals surface area contributed by atoms with Crippen LogP contribution in [0.4, 0.5) is 5.82 Å². The summed E-state index contributed by atoms with van der Waals surface area (Å²) >= 11 is 4.48. The van der Waals surface area contributed by atoms with E-state index in [0.717, 1.165) is 29.1 Å². The maximum absolute atomic E-state index is 11.8. The Balaban J connectivity index is 1.55. The van der Waals surface area contributed by atoms with Crippen LogP contribution in [-0.4, -0.2) is 30.2 Å². The van der Waals surface area contributed by atoms with Crippen LogP contribution in [0.5, 0.6) is 0 Å². The first-order valence-electron chi connectivity index (χ1n) is 7.86. The van der Waals surface area contributed by atoms with Gasteiger partial charge in [-0.25, -0.2) is 9.50 Å². The van der Waals surface area contributed by atoms with Crippen molar-refractivity contribution in [2.45, 2.75) is 17.9 Å². The molecule has 3 N–H and O–H groups in total. The summed E-state index contributed by atoms with van der Waals surface area (Å²) < 4.78 is 3.81. The third-order valence-electron chi connectivity index (χ3n) is 3.83. The number of aromatic nitrogens is 4. The molecule has 132 valence electrons. The van der Waals surface area contributed by atoms with E-state index in [-0.39, 0.29) is 22.5 Å². The third kappa shape index (κ3) is 3.56. The number of imidazole rings is 1. The van der Waals surface area contributed by atoms with Gasteiger partial charge in [-0.1, -0.05) is 0 Å². The average Bonchev–Trinajstić information content (AvgIpc) is 3.38. The second kappa shape index (κ2) is 6.69. The van der Waals surface area contributed by atoms with E-state index in [9.17, 15) is 4.79 Å². The molecule has 0 bridgehead atoms. The van der Waals surface area contributed by atoms with Crippen molar-refractivity contribution in [2.75, 3.05) is 5.32 Å². The number of thioether (sulfide) groups is 1. The number of hydrogen-bond donors (Lipinski definition) is 3. The second-order valence-corrected chi connectivity index (χ2v) is 7.80. The van der Waals surface area contributed by atoms with Crippen molar-refractivity contribution < 1.29 is 4.79 Å². The van der Waals surface area contributed by atoms with E-state index in [1.807, 2.05) is 0 Å². The van der Waals surface area contributed by atoms with Crippen molar-refractivity contribution in [1.82, 2.24) is 19.2 Å². The molecule has 0 radical (unpaired) electrons. The Hall–Kier alpha value is -2.46. The molecule has 0 aromatic carbocycles. The van der Waals surface area contributed by atoms with Crippen LogP contribution in [0.2, 0.25) is 0 Å². The fraction of sp³-hybridized carbons (Fsp3) is 0.188. The van der Waals surface area contributed by atoms with Gasteiger partial charge in [0.1, 0.15) is 10.5 Å². The number of amides is 1. The quantitative estimate of drug-likeness (QED) is 0.336. The molecular weight excluding hydrogens is 418 g/mol. The molecule has 0 spiro atoms. The summed E-state index contributed by atoms with van der Waals surface area (Å²) in [5, 5.41) is 24.1. The molecule has 3 heterocycles. The van der Waals surface area contributed by atoms with Gasteiger partial charge in [0.25, 0.3) is 0 Å². The van der Waals surface area contributed by atoms with Gasteiger partial charge >= 0.3 is 0 Å². The number of hydrogen-bond acceptors (Lipinski definition) is 6. The van der Waals surface area contributed by atoms with Crippen molar-refractivity contribution in [3.8, 4) is 0 Å². The zero-order chi connectivity index (χ0) is 18.3. The van der Waals surface area contributed by atoms with Crippen molar-refractivity contribution in [3.63, 3.8) is 0 Å². The molecule has 4 rings (SSSR count). The highest BCUT2D eigenvalue weighted by molar-refractivity contribution is 9.10. The summed E-state index contributed by atoms with van der Waals surface area (Å²) in [4.78, 5) is 16.2. The van der Waals surface area contributed by atoms with E-state index in [0.29, 0.717) is 16.5 Å². The lowest BCUT2D eigenvalue weighted by Gasteiger charge is -2.08. The molecule has 3 aromatic rings. The molecule has 0 atom stereocenters. The van der Waals surface area contributed by atoms with Gasteiger partial charge in [-0.3, -0.25) is 20.2 Å². The number of carbonyl (C=O) groups is 1. The first kappa shape index (κ1) is 17.0. The molecule has 1 fully saturated rings. The van der Waals surface area contributed by atoms with Gasteiger partial charge in [0.05, 0.1) is 6.20 Å². The van der Waals surface area contributed by atoms with Gasteiger partial charge in [0, 0.05) is 16.6 Å². The van der Waals surface area contributed by atoms with E-state index < -0.39 is 0 Å². The predicted molar refractivity (Wildman–Crippen MR) is 101 cm³/mol. The number of fused-ring (bicyclic) bond motifs is 1. The average molecular weight is 432 g/mol. The number of pyridine rings is 1. The minimum absolute atomic E-state index is 0.00110. The summed E-state index contributed by atoms with van der Waals surface area (Å²) in [6.07, 6.45) is 5.20. The largest absolute Gasteiger partial charge is 0.309 e. The van der Waals surface area contributed by atoms with Crippen molar-refractivity contribution >= 4 is 50.2 Å². The first-order chi connectivity index (χ1) is 12.5. The highest BCUT2D eigenvalue weighted by Crippen LogP contribution is 2.30. The normalized spacial score (nSPS) is 13.7. The summed E-state index contributed by atoms with van der Waals surface area (Å²) in [7, 11) is 0. The molecule has 1 saturated carbocycles. The Kier molecular flexibility index (Phi) is 4.37. The van der Waals surface area contributed by atoms with Gasteiger partial charge in [-0.2, -0.15) is 5.10 Å². The van der Waals surface area contributed by atoms with Crippen molar-refractivity contribution in [2.24, 2.45) is 5.92 Å². The van der Waals surface area contributed by atoms with Crippen LogP contribution in [0.25, 0.3) is 5.65 Å². The molecule has 10 heteroatoms. The fourth-order valence-corrected chi connectivity index (χ4v) is 3.39. The fourth-order valence-electron chi connectivity index (χ4n) is 2.34. The van der Waals surface area contributed by atoms with Gasteiger partial charge in [0.15, 0.2) is 16.6 Å². The Morgan fingerprint density at radius 1 is 1.27 bits per heavy atom. The molecule has 0 aliphatic heterocycles. The first-order valence-corrected chi connectivity index (χ1v) is 9.47. The van der Waals surface area contributed by atoms with Crippen molar-refractivity contribution in [3.05, 3.63) is 46.6 Å². The maximum Gasteiger partial charge on any atom is 0.228 e. The number of halogens is 1. The van der Waals surface area contributed by atoms with Crippen LogP contribution in [0.3, 0.4) is 0 Å². The van der Waals surface area contributed by atoms with Crippen LogP contribution in [0.15, 0.2) is 46.2 Å². The Morgan fingerprint density at radius 3 is 2.85 bits per heavy atom. The number of nitrogens with one attached hydrogen (secondary N) is 3. The standard InChI is InChI=1S/C16H14BrN7OS/c17-10-3-4-11(18)23(7-10)16(19)26-14-6-5-13-20-12(8-24(13)22-14)21-15(25)9-1-2-9/h3-9,18-19H,1-2H2,(H,21,25). The smallest absolute Gasteiger partial charge is 0.228 e. The molecule has 1 aliphatic rings. The van der Waals surface area contributed by atoms with Crippen LogP contribution in [0.1, 0.15) is 12.8 Å². The highest BCUT2D eigenvalue weighted by atomic mass is 79.9. The van der Waals surface area contributed by atoms with E-state index in [4.69, 9.17) is 10.8 Å². The highest BCUT2D eigenvalue weighted by Gasteiger charge is 2.30. The zero-order valence-corrected chi connectivity index (χ0v) is 15.8. The topological polar surface area (TPSA) is 112 Å². The van der Waals surface area contributed by atoms with Gasteiger partial charge in [0.2, 0.25) is 5.91 Å². The lowest BCUT2D eigenvalue weighted by molar-refractivity contribution is -0.117. The number of nitrogens with zero attached hydrogens (tertiary/aromatic N) is 4. The minimum atomic E-state index is -0.00110. The van der Waals surface area contributed by atoms with Gasteiger partial charge < -0.3 is 5.32 Å².